The van der Waals surface area contributed by atoms with Crippen molar-refractivity contribution in [3.63, 3.8) is 0 Å². The minimum Gasteiger partial charge on any atom is -0.486 e. The Bertz CT molecular complexity index is 790. The summed E-state index contributed by atoms with van der Waals surface area (Å²) in [5.74, 6) is 1.05. The summed E-state index contributed by atoms with van der Waals surface area (Å²) in [6.45, 7) is 2.78. The Balaban J connectivity index is 1.65. The van der Waals surface area contributed by atoms with Gasteiger partial charge in [0.1, 0.15) is 13.2 Å². The summed E-state index contributed by atoms with van der Waals surface area (Å²) in [5, 5.41) is 0. The van der Waals surface area contributed by atoms with Gasteiger partial charge in [-0.15, -0.1) is 0 Å². The number of sulfonamides is 1. The van der Waals surface area contributed by atoms with Crippen LogP contribution in [0.4, 0.5) is 0 Å². The lowest BCUT2D eigenvalue weighted by molar-refractivity contribution is 0.171. The van der Waals surface area contributed by atoms with E-state index in [1.54, 1.807) is 12.1 Å². The lowest BCUT2D eigenvalue weighted by Crippen LogP contribution is -2.33. The van der Waals surface area contributed by atoms with Crippen molar-refractivity contribution in [3.05, 3.63) is 54.1 Å². The van der Waals surface area contributed by atoms with Gasteiger partial charge in [0.15, 0.2) is 11.5 Å². The first-order valence-corrected chi connectivity index (χ1v) is 9.49. The normalized spacial score (nSPS) is 15.0. The summed E-state index contributed by atoms with van der Waals surface area (Å²) < 4.78 is 38.7. The van der Waals surface area contributed by atoms with E-state index in [0.717, 1.165) is 12.8 Å². The summed E-state index contributed by atoms with van der Waals surface area (Å²) in [4.78, 5) is 0.193. The Labute approximate surface area is 142 Å². The van der Waals surface area contributed by atoms with Gasteiger partial charge in [-0.25, -0.2) is 13.1 Å². The molecule has 0 aliphatic carbocycles. The van der Waals surface area contributed by atoms with Crippen LogP contribution in [0.5, 0.6) is 11.5 Å². The zero-order valence-corrected chi connectivity index (χ0v) is 14.4. The van der Waals surface area contributed by atoms with E-state index in [1.165, 1.54) is 11.6 Å². The Morgan fingerprint density at radius 3 is 2.50 bits per heavy atom. The number of fused-ring (bicyclic) bond motifs is 1. The molecular formula is C18H21NO4S. The third-order valence-corrected chi connectivity index (χ3v) is 5.48. The van der Waals surface area contributed by atoms with E-state index in [1.807, 2.05) is 37.3 Å². The lowest BCUT2D eigenvalue weighted by Gasteiger charge is -2.19. The Morgan fingerprint density at radius 1 is 1.04 bits per heavy atom. The van der Waals surface area contributed by atoms with Gasteiger partial charge in [0, 0.05) is 12.1 Å². The number of hydrogen-bond acceptors (Lipinski definition) is 4. The predicted molar refractivity (Wildman–Crippen MR) is 92.0 cm³/mol. The molecule has 0 radical (unpaired) electrons. The molecule has 0 aromatic heterocycles. The average molecular weight is 347 g/mol. The highest BCUT2D eigenvalue weighted by Crippen LogP contribution is 2.32. The number of hydrogen-bond donors (Lipinski definition) is 1. The molecule has 1 N–H and O–H groups in total. The second kappa shape index (κ2) is 7.23. The molecule has 1 heterocycles. The summed E-state index contributed by atoms with van der Waals surface area (Å²) >= 11 is 0. The molecule has 0 saturated carbocycles. The van der Waals surface area contributed by atoms with Gasteiger partial charge in [-0.1, -0.05) is 30.3 Å². The zero-order chi connectivity index (χ0) is 17.0. The van der Waals surface area contributed by atoms with Gasteiger partial charge in [-0.05, 0) is 37.5 Å². The van der Waals surface area contributed by atoms with E-state index in [-0.39, 0.29) is 10.9 Å². The van der Waals surface area contributed by atoms with Crippen molar-refractivity contribution in [3.8, 4) is 11.5 Å². The van der Waals surface area contributed by atoms with Gasteiger partial charge < -0.3 is 9.47 Å². The molecule has 2 aromatic carbocycles. The second-order valence-corrected chi connectivity index (χ2v) is 7.57. The fraction of sp³-hybridized carbons (Fsp3) is 0.333. The van der Waals surface area contributed by atoms with Crippen molar-refractivity contribution in [1.29, 1.82) is 0 Å². The highest BCUT2D eigenvalue weighted by atomic mass is 32.2. The zero-order valence-electron chi connectivity index (χ0n) is 13.6. The summed E-state index contributed by atoms with van der Waals surface area (Å²) in [7, 11) is -3.58. The topological polar surface area (TPSA) is 64.6 Å². The molecule has 0 fully saturated rings. The van der Waals surface area contributed by atoms with Crippen molar-refractivity contribution in [1.82, 2.24) is 4.72 Å². The maximum absolute atomic E-state index is 12.5. The van der Waals surface area contributed by atoms with Gasteiger partial charge >= 0.3 is 0 Å². The van der Waals surface area contributed by atoms with E-state index in [2.05, 4.69) is 4.72 Å². The molecule has 1 aliphatic heterocycles. The van der Waals surface area contributed by atoms with Gasteiger partial charge in [-0.2, -0.15) is 0 Å². The van der Waals surface area contributed by atoms with Crippen molar-refractivity contribution < 1.29 is 17.9 Å². The van der Waals surface area contributed by atoms with Gasteiger partial charge in [0.25, 0.3) is 0 Å². The molecule has 0 amide bonds. The minimum absolute atomic E-state index is 0.164. The maximum atomic E-state index is 12.5. The summed E-state index contributed by atoms with van der Waals surface area (Å²) in [6.07, 6.45) is 1.56. The van der Waals surface area contributed by atoms with Crippen molar-refractivity contribution in [2.24, 2.45) is 0 Å². The lowest BCUT2D eigenvalue weighted by atomic mass is 10.1. The summed E-state index contributed by atoms with van der Waals surface area (Å²) in [6, 6.07) is 14.6. The Kier molecular flexibility index (Phi) is 5.06. The molecule has 3 rings (SSSR count). The third-order valence-electron chi connectivity index (χ3n) is 3.89. The molecule has 128 valence electrons. The average Bonchev–Trinajstić information content (AvgIpc) is 2.60. The van der Waals surface area contributed by atoms with Crippen LogP contribution in [0.1, 0.15) is 18.9 Å². The summed E-state index contributed by atoms with van der Waals surface area (Å²) in [5.41, 5.74) is 1.20. The molecule has 0 unspecified atom stereocenters. The number of benzene rings is 2. The van der Waals surface area contributed by atoms with Crippen LogP contribution in [0.25, 0.3) is 0 Å². The first-order valence-electron chi connectivity index (χ1n) is 8.00. The number of nitrogens with one attached hydrogen (secondary N) is 1. The maximum Gasteiger partial charge on any atom is 0.240 e. The molecular weight excluding hydrogens is 326 g/mol. The van der Waals surface area contributed by atoms with Gasteiger partial charge in [0.05, 0.1) is 4.90 Å². The molecule has 1 aliphatic rings. The first-order chi connectivity index (χ1) is 11.5. The highest BCUT2D eigenvalue weighted by molar-refractivity contribution is 7.89. The van der Waals surface area contributed by atoms with E-state index in [0.29, 0.717) is 24.7 Å². The van der Waals surface area contributed by atoms with Crippen LogP contribution in [-0.4, -0.2) is 27.7 Å². The van der Waals surface area contributed by atoms with E-state index < -0.39 is 10.0 Å². The smallest absolute Gasteiger partial charge is 0.240 e. The fourth-order valence-corrected chi connectivity index (χ4v) is 3.90. The molecule has 0 spiro atoms. The first kappa shape index (κ1) is 16.8. The molecule has 6 heteroatoms. The van der Waals surface area contributed by atoms with Gasteiger partial charge in [-0.3, -0.25) is 0 Å². The standard InChI is InChI=1S/C18H21NO4S/c1-14(7-8-15-5-3-2-4-6-15)19-24(20,21)16-9-10-17-18(13-16)23-12-11-22-17/h2-6,9-10,13-14,19H,7-8,11-12H2,1H3/t14-/m0/s1. The quantitative estimate of drug-likeness (QED) is 0.873. The molecule has 5 nitrogen and oxygen atoms in total. The number of aryl methyl sites for hydroxylation is 1. The molecule has 2 aromatic rings. The van der Waals surface area contributed by atoms with Crippen LogP contribution in [-0.2, 0) is 16.4 Å². The van der Waals surface area contributed by atoms with E-state index in [9.17, 15) is 8.42 Å². The SMILES string of the molecule is C[C@@H](CCc1ccccc1)NS(=O)(=O)c1ccc2c(c1)OCCO2. The van der Waals surface area contributed by atoms with Crippen molar-refractivity contribution in [2.75, 3.05) is 13.2 Å². The van der Waals surface area contributed by atoms with Crippen molar-refractivity contribution >= 4 is 10.0 Å². The number of ether oxygens (including phenoxy) is 2. The third kappa shape index (κ3) is 4.07. The molecule has 24 heavy (non-hydrogen) atoms. The van der Waals surface area contributed by atoms with Crippen LogP contribution in [0.3, 0.4) is 0 Å². The van der Waals surface area contributed by atoms with Crippen LogP contribution in [0.15, 0.2) is 53.4 Å². The minimum atomic E-state index is -3.58. The molecule has 0 saturated heterocycles. The Hall–Kier alpha value is -2.05. The van der Waals surface area contributed by atoms with Gasteiger partial charge in [0.2, 0.25) is 10.0 Å². The van der Waals surface area contributed by atoms with Crippen LogP contribution < -0.4 is 14.2 Å². The van der Waals surface area contributed by atoms with Crippen LogP contribution >= 0.6 is 0 Å². The monoisotopic (exact) mass is 347 g/mol. The largest absolute Gasteiger partial charge is 0.486 e. The fourth-order valence-electron chi connectivity index (χ4n) is 2.61. The van der Waals surface area contributed by atoms with Crippen LogP contribution in [0, 0.1) is 0 Å². The highest BCUT2D eigenvalue weighted by Gasteiger charge is 2.21. The number of rotatable bonds is 6. The predicted octanol–water partition coefficient (Wildman–Crippen LogP) is 2.76. The molecule has 1 atom stereocenters. The van der Waals surface area contributed by atoms with E-state index in [4.69, 9.17) is 9.47 Å². The Morgan fingerprint density at radius 2 is 1.75 bits per heavy atom. The van der Waals surface area contributed by atoms with Crippen LogP contribution in [0.2, 0.25) is 0 Å². The van der Waals surface area contributed by atoms with Crippen molar-refractivity contribution in [2.45, 2.75) is 30.7 Å². The second-order valence-electron chi connectivity index (χ2n) is 5.85. The van der Waals surface area contributed by atoms with E-state index >= 15 is 0 Å². The molecule has 0 bridgehead atoms.